The maximum Gasteiger partial charge on any atom is 0.239 e. The lowest BCUT2D eigenvalue weighted by molar-refractivity contribution is -0.132. The van der Waals surface area contributed by atoms with Crippen molar-refractivity contribution in [3.05, 3.63) is 0 Å². The predicted molar refractivity (Wildman–Crippen MR) is 70.3 cm³/mol. The standard InChI is InChI=1S/C10H20N2O2S.ClH/c1-9(11-3-2-6-13)10(14)12-4-7-15-8-5-12;/h9,11,13H,2-8H2,1H3;1H/t9-;/m0./s1. The molecule has 1 heterocycles. The molecule has 96 valence electrons. The number of amides is 1. The van der Waals surface area contributed by atoms with Gasteiger partial charge in [-0.2, -0.15) is 11.8 Å². The molecule has 0 aliphatic carbocycles. The van der Waals surface area contributed by atoms with Gasteiger partial charge in [0, 0.05) is 31.2 Å². The molecule has 0 unspecified atom stereocenters. The molecule has 0 spiro atoms. The number of rotatable bonds is 5. The fourth-order valence-corrected chi connectivity index (χ4v) is 2.45. The molecule has 4 nitrogen and oxygen atoms in total. The highest BCUT2D eigenvalue weighted by Crippen LogP contribution is 2.10. The van der Waals surface area contributed by atoms with Crippen LogP contribution < -0.4 is 5.32 Å². The quantitative estimate of drug-likeness (QED) is 0.707. The Balaban J connectivity index is 0.00000225. The summed E-state index contributed by atoms with van der Waals surface area (Å²) in [4.78, 5) is 13.8. The highest BCUT2D eigenvalue weighted by molar-refractivity contribution is 7.99. The molecule has 0 aromatic heterocycles. The second kappa shape index (κ2) is 9.10. The molecule has 1 saturated heterocycles. The molecule has 16 heavy (non-hydrogen) atoms. The number of nitrogens with zero attached hydrogens (tertiary/aromatic N) is 1. The Labute approximate surface area is 108 Å². The predicted octanol–water partition coefficient (Wildman–Crippen LogP) is 0.344. The lowest BCUT2D eigenvalue weighted by Gasteiger charge is -2.29. The summed E-state index contributed by atoms with van der Waals surface area (Å²) in [6.07, 6.45) is 0.702. The Hall–Kier alpha value is 0.0300. The van der Waals surface area contributed by atoms with Crippen molar-refractivity contribution in [2.75, 3.05) is 37.7 Å². The van der Waals surface area contributed by atoms with Crippen LogP contribution in [-0.2, 0) is 4.79 Å². The third-order valence-electron chi connectivity index (χ3n) is 2.48. The van der Waals surface area contributed by atoms with E-state index in [1.54, 1.807) is 0 Å². The largest absolute Gasteiger partial charge is 0.396 e. The van der Waals surface area contributed by atoms with E-state index in [1.165, 1.54) is 0 Å². The van der Waals surface area contributed by atoms with Crippen molar-refractivity contribution in [3.63, 3.8) is 0 Å². The van der Waals surface area contributed by atoms with Gasteiger partial charge in [0.05, 0.1) is 6.04 Å². The Kier molecular flexibility index (Phi) is 9.12. The number of halogens is 1. The molecule has 2 N–H and O–H groups in total. The fraction of sp³-hybridized carbons (Fsp3) is 0.900. The molecule has 0 aromatic rings. The normalized spacial score (nSPS) is 17.8. The maximum atomic E-state index is 11.9. The van der Waals surface area contributed by atoms with E-state index in [-0.39, 0.29) is 31.0 Å². The van der Waals surface area contributed by atoms with Gasteiger partial charge in [-0.15, -0.1) is 12.4 Å². The van der Waals surface area contributed by atoms with Gasteiger partial charge in [-0.1, -0.05) is 0 Å². The monoisotopic (exact) mass is 268 g/mol. The maximum absolute atomic E-state index is 11.9. The smallest absolute Gasteiger partial charge is 0.239 e. The summed E-state index contributed by atoms with van der Waals surface area (Å²) >= 11 is 1.90. The van der Waals surface area contributed by atoms with E-state index >= 15 is 0 Å². The minimum atomic E-state index is -0.125. The Morgan fingerprint density at radius 3 is 2.69 bits per heavy atom. The molecule has 1 amide bonds. The molecule has 1 fully saturated rings. The second-order valence-electron chi connectivity index (χ2n) is 3.69. The van der Waals surface area contributed by atoms with Crippen molar-refractivity contribution >= 4 is 30.1 Å². The van der Waals surface area contributed by atoms with Crippen LogP contribution in [0.3, 0.4) is 0 Å². The lowest BCUT2D eigenvalue weighted by Crippen LogP contribution is -2.48. The van der Waals surface area contributed by atoms with E-state index in [9.17, 15) is 4.79 Å². The third kappa shape index (κ3) is 5.39. The second-order valence-corrected chi connectivity index (χ2v) is 4.92. The van der Waals surface area contributed by atoms with Gasteiger partial charge in [-0.3, -0.25) is 4.79 Å². The molecule has 0 saturated carbocycles. The molecule has 1 rings (SSSR count). The molecule has 0 aromatic carbocycles. The van der Waals surface area contributed by atoms with Gasteiger partial charge in [0.25, 0.3) is 0 Å². The molecule has 6 heteroatoms. The van der Waals surface area contributed by atoms with Crippen LogP contribution in [0.1, 0.15) is 13.3 Å². The molecular formula is C10H21ClN2O2S. The highest BCUT2D eigenvalue weighted by Gasteiger charge is 2.21. The number of thioether (sulfide) groups is 1. The highest BCUT2D eigenvalue weighted by atomic mass is 35.5. The van der Waals surface area contributed by atoms with Gasteiger partial charge in [-0.05, 0) is 19.9 Å². The zero-order valence-electron chi connectivity index (χ0n) is 9.65. The minimum absolute atomic E-state index is 0. The Morgan fingerprint density at radius 1 is 1.50 bits per heavy atom. The van der Waals surface area contributed by atoms with Crippen molar-refractivity contribution in [1.29, 1.82) is 0 Å². The summed E-state index contributed by atoms with van der Waals surface area (Å²) < 4.78 is 0. The summed E-state index contributed by atoms with van der Waals surface area (Å²) in [5.74, 6) is 2.29. The van der Waals surface area contributed by atoms with Gasteiger partial charge >= 0.3 is 0 Å². The molecule has 1 aliphatic rings. The van der Waals surface area contributed by atoms with E-state index in [1.807, 2.05) is 23.6 Å². The van der Waals surface area contributed by atoms with Crippen molar-refractivity contribution in [2.24, 2.45) is 0 Å². The van der Waals surface area contributed by atoms with Crippen molar-refractivity contribution in [1.82, 2.24) is 10.2 Å². The first kappa shape index (κ1) is 16.0. The molecular weight excluding hydrogens is 248 g/mol. The van der Waals surface area contributed by atoms with E-state index in [0.29, 0.717) is 13.0 Å². The van der Waals surface area contributed by atoms with E-state index < -0.39 is 0 Å². The average Bonchev–Trinajstić information content (AvgIpc) is 2.29. The topological polar surface area (TPSA) is 52.6 Å². The van der Waals surface area contributed by atoms with Crippen LogP contribution in [0.15, 0.2) is 0 Å². The number of aliphatic hydroxyl groups excluding tert-OH is 1. The number of aliphatic hydroxyl groups is 1. The average molecular weight is 269 g/mol. The van der Waals surface area contributed by atoms with Crippen LogP contribution >= 0.6 is 24.2 Å². The van der Waals surface area contributed by atoms with Gasteiger partial charge in [0.2, 0.25) is 5.91 Å². The molecule has 0 bridgehead atoms. The number of carbonyl (C=O) groups is 1. The number of carbonyl (C=O) groups excluding carboxylic acids is 1. The zero-order chi connectivity index (χ0) is 11.1. The summed E-state index contributed by atoms with van der Waals surface area (Å²) in [5.41, 5.74) is 0. The van der Waals surface area contributed by atoms with Crippen LogP contribution in [0, 0.1) is 0 Å². The fourth-order valence-electron chi connectivity index (χ4n) is 1.54. The lowest BCUT2D eigenvalue weighted by atomic mass is 10.2. The summed E-state index contributed by atoms with van der Waals surface area (Å²) in [6, 6.07) is -0.125. The first-order valence-corrected chi connectivity index (χ1v) is 6.62. The molecule has 1 aliphatic heterocycles. The van der Waals surface area contributed by atoms with Gasteiger partial charge in [0.15, 0.2) is 0 Å². The summed E-state index contributed by atoms with van der Waals surface area (Å²) in [6.45, 7) is 4.51. The Morgan fingerprint density at radius 2 is 2.12 bits per heavy atom. The van der Waals surface area contributed by atoms with E-state index in [0.717, 1.165) is 24.6 Å². The van der Waals surface area contributed by atoms with Crippen LogP contribution in [0.4, 0.5) is 0 Å². The van der Waals surface area contributed by atoms with Crippen LogP contribution in [0.25, 0.3) is 0 Å². The van der Waals surface area contributed by atoms with E-state index in [4.69, 9.17) is 5.11 Å². The Bertz CT molecular complexity index is 201. The number of nitrogens with one attached hydrogen (secondary N) is 1. The van der Waals surface area contributed by atoms with E-state index in [2.05, 4.69) is 5.32 Å². The van der Waals surface area contributed by atoms with Crippen LogP contribution in [0.2, 0.25) is 0 Å². The summed E-state index contributed by atoms with van der Waals surface area (Å²) in [7, 11) is 0. The van der Waals surface area contributed by atoms with Crippen LogP contribution in [-0.4, -0.2) is 59.7 Å². The van der Waals surface area contributed by atoms with Crippen molar-refractivity contribution < 1.29 is 9.90 Å². The number of hydrogen-bond donors (Lipinski definition) is 2. The first-order valence-electron chi connectivity index (χ1n) is 5.46. The van der Waals surface area contributed by atoms with Gasteiger partial charge in [-0.25, -0.2) is 0 Å². The number of hydrogen-bond acceptors (Lipinski definition) is 4. The van der Waals surface area contributed by atoms with Gasteiger partial charge < -0.3 is 15.3 Å². The van der Waals surface area contributed by atoms with Crippen LogP contribution in [0.5, 0.6) is 0 Å². The zero-order valence-corrected chi connectivity index (χ0v) is 11.3. The summed E-state index contributed by atoms with van der Waals surface area (Å²) in [5, 5.41) is 11.8. The molecule has 0 radical (unpaired) electrons. The van der Waals surface area contributed by atoms with Crippen molar-refractivity contribution in [3.8, 4) is 0 Å². The SMILES string of the molecule is C[C@H](NCCCO)C(=O)N1CCSCC1.Cl. The first-order chi connectivity index (χ1) is 7.25. The minimum Gasteiger partial charge on any atom is -0.396 e. The molecule has 1 atom stereocenters. The third-order valence-corrected chi connectivity index (χ3v) is 3.42. The van der Waals surface area contributed by atoms with Gasteiger partial charge in [0.1, 0.15) is 0 Å². The van der Waals surface area contributed by atoms with Crippen molar-refractivity contribution in [2.45, 2.75) is 19.4 Å².